The molecule has 1 amide bonds. The maximum absolute atomic E-state index is 13.7. The van der Waals surface area contributed by atoms with Crippen LogP contribution in [0.3, 0.4) is 0 Å². The standard InChI is InChI=1S/C27H23N3OS/c1-18-13-14-19(2)26-25(18)29-27(32-26)30(17-22-11-5-6-15-28-22)24(31)16-21-10-7-9-20-8-3-4-12-23(20)21/h3-15H,16-17H2,1-2H3. The van der Waals surface area contributed by atoms with Crippen LogP contribution in [-0.4, -0.2) is 15.9 Å². The largest absolute Gasteiger partial charge is 0.282 e. The molecule has 3 aromatic carbocycles. The predicted molar refractivity (Wildman–Crippen MR) is 132 cm³/mol. The first-order valence-electron chi connectivity index (χ1n) is 10.6. The summed E-state index contributed by atoms with van der Waals surface area (Å²) in [7, 11) is 0. The molecule has 0 N–H and O–H groups in total. The van der Waals surface area contributed by atoms with Crippen LogP contribution in [0.25, 0.3) is 21.0 Å². The lowest BCUT2D eigenvalue weighted by Crippen LogP contribution is -2.32. The lowest BCUT2D eigenvalue weighted by atomic mass is 10.0. The second-order valence-corrected chi connectivity index (χ2v) is 8.97. The van der Waals surface area contributed by atoms with Gasteiger partial charge in [0.15, 0.2) is 5.13 Å². The van der Waals surface area contributed by atoms with Crippen LogP contribution >= 0.6 is 11.3 Å². The predicted octanol–water partition coefficient (Wildman–Crippen LogP) is 6.24. The van der Waals surface area contributed by atoms with Crippen molar-refractivity contribution in [2.75, 3.05) is 4.90 Å². The third-order valence-electron chi connectivity index (χ3n) is 5.73. The smallest absolute Gasteiger partial charge is 0.233 e. The number of rotatable bonds is 5. The molecule has 0 saturated carbocycles. The first kappa shape index (κ1) is 20.3. The second-order valence-electron chi connectivity index (χ2n) is 7.99. The summed E-state index contributed by atoms with van der Waals surface area (Å²) in [4.78, 5) is 24.8. The summed E-state index contributed by atoms with van der Waals surface area (Å²) in [5.74, 6) is 0.0152. The summed E-state index contributed by atoms with van der Waals surface area (Å²) in [5, 5.41) is 2.96. The fraction of sp³-hybridized carbons (Fsp3) is 0.148. The lowest BCUT2D eigenvalue weighted by molar-refractivity contribution is -0.118. The molecular weight excluding hydrogens is 414 g/mol. The Balaban J connectivity index is 1.56. The van der Waals surface area contributed by atoms with Crippen molar-refractivity contribution in [1.82, 2.24) is 9.97 Å². The SMILES string of the molecule is Cc1ccc(C)c2sc(N(Cc3ccccn3)C(=O)Cc3cccc4ccccc34)nc12. The van der Waals surface area contributed by atoms with Crippen LogP contribution in [0, 0.1) is 13.8 Å². The molecule has 32 heavy (non-hydrogen) atoms. The zero-order valence-electron chi connectivity index (χ0n) is 18.1. The van der Waals surface area contributed by atoms with Gasteiger partial charge in [0.25, 0.3) is 0 Å². The minimum Gasteiger partial charge on any atom is -0.282 e. The van der Waals surface area contributed by atoms with Gasteiger partial charge in [0, 0.05) is 6.20 Å². The van der Waals surface area contributed by atoms with Gasteiger partial charge in [-0.2, -0.15) is 0 Å². The van der Waals surface area contributed by atoms with Gasteiger partial charge in [0.1, 0.15) is 0 Å². The number of aryl methyl sites for hydroxylation is 2. The van der Waals surface area contributed by atoms with E-state index < -0.39 is 0 Å². The number of hydrogen-bond donors (Lipinski definition) is 0. The van der Waals surface area contributed by atoms with Crippen LogP contribution in [0.5, 0.6) is 0 Å². The fourth-order valence-corrected chi connectivity index (χ4v) is 5.11. The van der Waals surface area contributed by atoms with Crippen molar-refractivity contribution in [2.24, 2.45) is 0 Å². The third-order valence-corrected chi connectivity index (χ3v) is 6.94. The van der Waals surface area contributed by atoms with Gasteiger partial charge in [-0.05, 0) is 53.4 Å². The highest BCUT2D eigenvalue weighted by atomic mass is 32.1. The molecule has 158 valence electrons. The number of carbonyl (C=O) groups is 1. The van der Waals surface area contributed by atoms with E-state index in [1.54, 1.807) is 22.4 Å². The summed E-state index contributed by atoms with van der Waals surface area (Å²) in [6.45, 7) is 4.54. The minimum absolute atomic E-state index is 0.0152. The highest BCUT2D eigenvalue weighted by molar-refractivity contribution is 7.22. The number of amides is 1. The Bertz CT molecular complexity index is 1380. The number of carbonyl (C=O) groups excluding carboxylic acids is 1. The Morgan fingerprint density at radius 3 is 2.50 bits per heavy atom. The third kappa shape index (κ3) is 3.87. The van der Waals surface area contributed by atoms with Crippen molar-refractivity contribution < 1.29 is 4.79 Å². The fourth-order valence-electron chi connectivity index (χ4n) is 3.98. The molecule has 5 rings (SSSR count). The van der Waals surface area contributed by atoms with Crippen molar-refractivity contribution >= 4 is 43.4 Å². The second kappa shape index (κ2) is 8.52. The van der Waals surface area contributed by atoms with Crippen molar-refractivity contribution in [3.8, 4) is 0 Å². The van der Waals surface area contributed by atoms with Crippen LogP contribution in [0.4, 0.5) is 5.13 Å². The first-order valence-corrected chi connectivity index (χ1v) is 11.5. The van der Waals surface area contributed by atoms with Crippen molar-refractivity contribution in [3.05, 3.63) is 101 Å². The molecule has 4 nitrogen and oxygen atoms in total. The van der Waals surface area contributed by atoms with Gasteiger partial charge in [-0.15, -0.1) is 0 Å². The van der Waals surface area contributed by atoms with Crippen LogP contribution in [-0.2, 0) is 17.8 Å². The molecule has 2 aromatic heterocycles. The Morgan fingerprint density at radius 1 is 0.906 bits per heavy atom. The van der Waals surface area contributed by atoms with Gasteiger partial charge < -0.3 is 0 Å². The highest BCUT2D eigenvalue weighted by Crippen LogP contribution is 2.34. The first-order chi connectivity index (χ1) is 15.6. The molecule has 2 heterocycles. The number of thiazole rings is 1. The van der Waals surface area contributed by atoms with E-state index in [4.69, 9.17) is 4.98 Å². The number of nitrogens with zero attached hydrogens (tertiary/aromatic N) is 3. The average molecular weight is 438 g/mol. The van der Waals surface area contributed by atoms with Crippen LogP contribution in [0.1, 0.15) is 22.4 Å². The monoisotopic (exact) mass is 437 g/mol. The average Bonchev–Trinajstić information content (AvgIpc) is 3.27. The van der Waals surface area contributed by atoms with Gasteiger partial charge in [-0.25, -0.2) is 4.98 Å². The maximum Gasteiger partial charge on any atom is 0.233 e. The molecule has 5 heteroatoms. The van der Waals surface area contributed by atoms with E-state index in [0.29, 0.717) is 18.1 Å². The minimum atomic E-state index is 0.0152. The van der Waals surface area contributed by atoms with Gasteiger partial charge in [-0.1, -0.05) is 72.0 Å². The number of aromatic nitrogens is 2. The number of pyridine rings is 1. The van der Waals surface area contributed by atoms with Crippen LogP contribution in [0.15, 0.2) is 79.0 Å². The number of fused-ring (bicyclic) bond motifs is 2. The van der Waals surface area contributed by atoms with Gasteiger partial charge in [0.05, 0.1) is 28.9 Å². The van der Waals surface area contributed by atoms with Gasteiger partial charge in [0.2, 0.25) is 5.91 Å². The Labute approximate surface area is 191 Å². The van der Waals surface area contributed by atoms with Gasteiger partial charge >= 0.3 is 0 Å². The topological polar surface area (TPSA) is 46.1 Å². The molecular formula is C27H23N3OS. The summed E-state index contributed by atoms with van der Waals surface area (Å²) in [5.41, 5.74) is 5.12. The Kier molecular flexibility index (Phi) is 5.41. The van der Waals surface area contributed by atoms with E-state index in [1.807, 2.05) is 42.5 Å². The molecule has 0 aliphatic heterocycles. The molecule has 0 aliphatic rings. The lowest BCUT2D eigenvalue weighted by Gasteiger charge is -2.20. The van der Waals surface area contributed by atoms with Gasteiger partial charge in [-0.3, -0.25) is 14.7 Å². The summed E-state index contributed by atoms with van der Waals surface area (Å²) < 4.78 is 1.13. The molecule has 0 atom stereocenters. The van der Waals surface area contributed by atoms with Crippen molar-refractivity contribution in [2.45, 2.75) is 26.8 Å². The summed E-state index contributed by atoms with van der Waals surface area (Å²) in [6.07, 6.45) is 2.07. The Hall–Kier alpha value is -3.57. The van der Waals surface area contributed by atoms with Crippen LogP contribution in [0.2, 0.25) is 0 Å². The maximum atomic E-state index is 13.7. The molecule has 0 spiro atoms. The molecule has 0 radical (unpaired) electrons. The Morgan fingerprint density at radius 2 is 1.69 bits per heavy atom. The van der Waals surface area contributed by atoms with E-state index in [2.05, 4.69) is 49.2 Å². The van der Waals surface area contributed by atoms with Crippen LogP contribution < -0.4 is 4.90 Å². The molecule has 0 aliphatic carbocycles. The van der Waals surface area contributed by atoms with E-state index in [1.165, 1.54) is 5.56 Å². The highest BCUT2D eigenvalue weighted by Gasteiger charge is 2.22. The zero-order chi connectivity index (χ0) is 22.1. The molecule has 0 saturated heterocycles. The van der Waals surface area contributed by atoms with Crippen molar-refractivity contribution in [3.63, 3.8) is 0 Å². The van der Waals surface area contributed by atoms with E-state index in [0.717, 1.165) is 37.8 Å². The van der Waals surface area contributed by atoms with E-state index >= 15 is 0 Å². The number of benzene rings is 3. The van der Waals surface area contributed by atoms with Crippen molar-refractivity contribution in [1.29, 1.82) is 0 Å². The summed E-state index contributed by atoms with van der Waals surface area (Å²) >= 11 is 1.57. The summed E-state index contributed by atoms with van der Waals surface area (Å²) in [6, 6.07) is 24.3. The quantitative estimate of drug-likeness (QED) is 0.327. The molecule has 5 aromatic rings. The van der Waals surface area contributed by atoms with E-state index in [-0.39, 0.29) is 5.91 Å². The molecule has 0 bridgehead atoms. The number of anilines is 1. The zero-order valence-corrected chi connectivity index (χ0v) is 18.9. The van der Waals surface area contributed by atoms with E-state index in [9.17, 15) is 4.79 Å². The molecule has 0 fully saturated rings. The molecule has 0 unspecified atom stereocenters. The normalized spacial score (nSPS) is 11.2. The number of hydrogen-bond acceptors (Lipinski definition) is 4.